The second kappa shape index (κ2) is 2.91. The minimum absolute atomic E-state index is 0. The molecule has 0 spiro atoms. The van der Waals surface area contributed by atoms with Crippen LogP contribution < -0.4 is 0 Å². The van der Waals surface area contributed by atoms with Crippen LogP contribution in [0.4, 0.5) is 0 Å². The van der Waals surface area contributed by atoms with Gasteiger partial charge in [0.1, 0.15) is 5.78 Å². The number of ketones is 1. The summed E-state index contributed by atoms with van der Waals surface area (Å²) in [5.74, 6) is -0.109. The van der Waals surface area contributed by atoms with E-state index in [1.165, 1.54) is 6.92 Å². The van der Waals surface area contributed by atoms with Crippen molar-refractivity contribution in [3.05, 3.63) is 0 Å². The Morgan fingerprint density at radius 1 is 1.57 bits per heavy atom. The van der Waals surface area contributed by atoms with Crippen LogP contribution in [0, 0.1) is 0 Å². The van der Waals surface area contributed by atoms with Crippen LogP contribution in [-0.2, 0) is 9.59 Å². The first kappa shape index (κ1) is 6.82. The van der Waals surface area contributed by atoms with Gasteiger partial charge in [-0.05, 0) is 22.9 Å². The van der Waals surface area contributed by atoms with E-state index in [1.807, 2.05) is 0 Å². The van der Waals surface area contributed by atoms with Gasteiger partial charge in [0.15, 0.2) is 0 Å². The van der Waals surface area contributed by atoms with Gasteiger partial charge in [-0.1, -0.05) is 0 Å². The van der Waals surface area contributed by atoms with E-state index < -0.39 is 0 Å². The van der Waals surface area contributed by atoms with Crippen LogP contribution in [0.2, 0.25) is 0 Å². The molecule has 0 amide bonds. The quantitative estimate of drug-likeness (QED) is 0.449. The fourth-order valence-corrected chi connectivity index (χ4v) is 0.591. The summed E-state index contributed by atoms with van der Waals surface area (Å²) >= 11 is 2.62. The van der Waals surface area contributed by atoms with Gasteiger partial charge in [0, 0.05) is 0 Å². The first-order chi connectivity index (χ1) is 3.13. The molecule has 0 rings (SSSR count). The van der Waals surface area contributed by atoms with E-state index in [0.29, 0.717) is 0 Å². The maximum atomic E-state index is 10.0. The van der Waals surface area contributed by atoms with Gasteiger partial charge in [-0.3, -0.25) is 9.59 Å². The summed E-state index contributed by atoms with van der Waals surface area (Å²) < 4.78 is -0.250. The van der Waals surface area contributed by atoms with E-state index in [1.54, 1.807) is 0 Å². The Hall–Kier alpha value is -0.180. The lowest BCUT2D eigenvalue weighted by Crippen LogP contribution is -1.94. The number of carbonyl (C=O) groups is 2. The highest BCUT2D eigenvalue weighted by atomic mass is 79.9. The fraction of sp³-hybridized carbons (Fsp3) is 0.500. The zero-order valence-electron chi connectivity index (χ0n) is 3.90. The largest absolute Gasteiger partial charge is 0.300 e. The summed E-state index contributed by atoms with van der Waals surface area (Å²) in [6.45, 7) is 1.37. The zero-order chi connectivity index (χ0) is 5.86. The van der Waals surface area contributed by atoms with Crippen LogP contribution in [0.1, 0.15) is 13.3 Å². The standard InChI is InChI=1S/C4H5BrO2/c1-3(6)2-4(5)7/h2H2,1H3. The lowest BCUT2D eigenvalue weighted by atomic mass is 10.3. The van der Waals surface area contributed by atoms with Crippen LogP contribution in [0.25, 0.3) is 0 Å². The van der Waals surface area contributed by atoms with E-state index >= 15 is 0 Å². The van der Waals surface area contributed by atoms with Gasteiger partial charge in [0.25, 0.3) is 0 Å². The molecule has 0 aromatic rings. The van der Waals surface area contributed by atoms with Gasteiger partial charge in [0.05, 0.1) is 6.42 Å². The van der Waals surface area contributed by atoms with E-state index in [2.05, 4.69) is 15.9 Å². The van der Waals surface area contributed by atoms with Crippen molar-refractivity contribution >= 4 is 26.4 Å². The Balaban J connectivity index is 3.32. The van der Waals surface area contributed by atoms with Gasteiger partial charge in [-0.25, -0.2) is 0 Å². The molecule has 0 atom stereocenters. The maximum Gasteiger partial charge on any atom is 0.205 e. The van der Waals surface area contributed by atoms with Crippen LogP contribution in [0.15, 0.2) is 0 Å². The highest BCUT2D eigenvalue weighted by Gasteiger charge is 1.96. The molecule has 0 aliphatic rings. The third-order valence-electron chi connectivity index (χ3n) is 0.388. The van der Waals surface area contributed by atoms with Crippen molar-refractivity contribution < 1.29 is 9.59 Å². The first-order valence-electron chi connectivity index (χ1n) is 1.80. The molecule has 0 aromatic carbocycles. The van der Waals surface area contributed by atoms with Gasteiger partial charge < -0.3 is 0 Å². The molecule has 2 nitrogen and oxygen atoms in total. The van der Waals surface area contributed by atoms with Gasteiger partial charge in [0.2, 0.25) is 4.69 Å². The lowest BCUT2D eigenvalue weighted by Gasteiger charge is -1.79. The summed E-state index contributed by atoms with van der Waals surface area (Å²) in [4.78, 5) is 20.0. The molecule has 3 heteroatoms. The van der Waals surface area contributed by atoms with Crippen molar-refractivity contribution in [2.24, 2.45) is 0 Å². The molecule has 0 heterocycles. The van der Waals surface area contributed by atoms with Crippen molar-refractivity contribution in [1.29, 1.82) is 0 Å². The predicted molar refractivity (Wildman–Crippen MR) is 29.2 cm³/mol. The highest BCUT2D eigenvalue weighted by molar-refractivity contribution is 9.18. The molecule has 0 aliphatic carbocycles. The average Bonchev–Trinajstić information content (AvgIpc) is 1.27. The van der Waals surface area contributed by atoms with Crippen molar-refractivity contribution in [2.75, 3.05) is 0 Å². The number of carbonyl (C=O) groups excluding carboxylic acids is 2. The summed E-state index contributed by atoms with van der Waals surface area (Å²) in [6.07, 6.45) is 0. The Morgan fingerprint density at radius 2 is 2.00 bits per heavy atom. The molecular formula is C4H5BrO2. The molecule has 0 saturated heterocycles. The molecule has 7 heavy (non-hydrogen) atoms. The molecular weight excluding hydrogens is 160 g/mol. The minimum atomic E-state index is -0.250. The van der Waals surface area contributed by atoms with E-state index in [9.17, 15) is 9.59 Å². The van der Waals surface area contributed by atoms with Gasteiger partial charge in [-0.2, -0.15) is 0 Å². The highest BCUT2D eigenvalue weighted by Crippen LogP contribution is 1.90. The smallest absolute Gasteiger partial charge is 0.205 e. The molecule has 0 radical (unpaired) electrons. The zero-order valence-corrected chi connectivity index (χ0v) is 5.49. The minimum Gasteiger partial charge on any atom is -0.300 e. The molecule has 0 aromatic heterocycles. The number of halogens is 1. The summed E-state index contributed by atoms with van der Waals surface area (Å²) in [6, 6.07) is 0. The molecule has 40 valence electrons. The normalized spacial score (nSPS) is 8.29. The lowest BCUT2D eigenvalue weighted by molar-refractivity contribution is -0.121. The SMILES string of the molecule is CC(=O)CC(=O)Br. The van der Waals surface area contributed by atoms with Crippen molar-refractivity contribution in [3.8, 4) is 0 Å². The van der Waals surface area contributed by atoms with Crippen LogP contribution in [-0.4, -0.2) is 10.5 Å². The van der Waals surface area contributed by atoms with Crippen molar-refractivity contribution in [1.82, 2.24) is 0 Å². The second-order valence-corrected chi connectivity index (χ2v) is 2.12. The second-order valence-electron chi connectivity index (χ2n) is 1.23. The predicted octanol–water partition coefficient (Wildman–Crippen LogP) is 0.887. The molecule has 0 unspecified atom stereocenters. The van der Waals surface area contributed by atoms with E-state index in [4.69, 9.17) is 0 Å². The Labute approximate surface area is 50.0 Å². The molecule has 0 N–H and O–H groups in total. The number of hydrogen-bond donors (Lipinski definition) is 0. The molecule has 0 aliphatic heterocycles. The fourth-order valence-electron chi connectivity index (χ4n) is 0.196. The Morgan fingerprint density at radius 3 is 2.00 bits per heavy atom. The summed E-state index contributed by atoms with van der Waals surface area (Å²) in [5, 5.41) is 0. The molecule has 0 fully saturated rings. The van der Waals surface area contributed by atoms with E-state index in [-0.39, 0.29) is 16.9 Å². The number of rotatable bonds is 2. The monoisotopic (exact) mass is 164 g/mol. The van der Waals surface area contributed by atoms with Gasteiger partial charge >= 0.3 is 0 Å². The van der Waals surface area contributed by atoms with Crippen LogP contribution in [0.3, 0.4) is 0 Å². The Bertz CT molecular complexity index is 85.9. The van der Waals surface area contributed by atoms with Crippen LogP contribution in [0.5, 0.6) is 0 Å². The first-order valence-corrected chi connectivity index (χ1v) is 2.60. The summed E-state index contributed by atoms with van der Waals surface area (Å²) in [7, 11) is 0. The third-order valence-corrected chi connectivity index (χ3v) is 0.668. The number of hydrogen-bond acceptors (Lipinski definition) is 2. The summed E-state index contributed by atoms with van der Waals surface area (Å²) in [5.41, 5.74) is 0. The average molecular weight is 165 g/mol. The molecule has 0 bridgehead atoms. The van der Waals surface area contributed by atoms with Crippen molar-refractivity contribution in [3.63, 3.8) is 0 Å². The Kier molecular flexibility index (Phi) is 2.83. The molecule has 0 saturated carbocycles. The number of Topliss-reactive ketones (excluding diaryl/α,β-unsaturated/α-hetero) is 1. The van der Waals surface area contributed by atoms with Gasteiger partial charge in [-0.15, -0.1) is 0 Å². The van der Waals surface area contributed by atoms with E-state index in [0.717, 1.165) is 0 Å². The third kappa shape index (κ3) is 5.82. The topological polar surface area (TPSA) is 34.1 Å². The van der Waals surface area contributed by atoms with Crippen molar-refractivity contribution in [2.45, 2.75) is 13.3 Å². The van der Waals surface area contributed by atoms with Crippen LogP contribution >= 0.6 is 15.9 Å². The maximum absolute atomic E-state index is 10.0.